The standard InChI is InChI=1S/C24H28ClN3O/c1-17-15-21(20-7-6-8-23(29-2)24(20)26-17)27-22(16-28-13-4-3-5-14-28)18-9-11-19(25)12-10-18/h6-12,15,22H,3-5,13-14,16H2,1-2H3,(H,26,27). The molecule has 5 heteroatoms. The number of nitrogens with zero attached hydrogens (tertiary/aromatic N) is 2. The van der Waals surface area contributed by atoms with E-state index in [0.717, 1.165) is 52.7 Å². The molecule has 152 valence electrons. The van der Waals surface area contributed by atoms with E-state index in [0.29, 0.717) is 0 Å². The van der Waals surface area contributed by atoms with Gasteiger partial charge in [0.1, 0.15) is 11.3 Å². The molecule has 2 aromatic carbocycles. The van der Waals surface area contributed by atoms with E-state index in [1.807, 2.05) is 31.2 Å². The van der Waals surface area contributed by atoms with Gasteiger partial charge in [0.15, 0.2) is 0 Å². The Bertz CT molecular complexity index is 968. The molecule has 1 saturated heterocycles. The van der Waals surface area contributed by atoms with Gasteiger partial charge in [-0.05, 0) is 62.7 Å². The number of pyridine rings is 1. The van der Waals surface area contributed by atoms with Crippen LogP contribution in [-0.4, -0.2) is 36.6 Å². The minimum atomic E-state index is 0.168. The fraction of sp³-hybridized carbons (Fsp3) is 0.375. The summed E-state index contributed by atoms with van der Waals surface area (Å²) in [6.07, 6.45) is 3.90. The summed E-state index contributed by atoms with van der Waals surface area (Å²) in [5, 5.41) is 5.66. The highest BCUT2D eigenvalue weighted by Gasteiger charge is 2.20. The summed E-state index contributed by atoms with van der Waals surface area (Å²) >= 11 is 6.15. The Kier molecular flexibility index (Phi) is 6.22. The number of para-hydroxylation sites is 1. The lowest BCUT2D eigenvalue weighted by Gasteiger charge is -2.32. The van der Waals surface area contributed by atoms with Gasteiger partial charge >= 0.3 is 0 Å². The number of ether oxygens (including phenoxy) is 1. The van der Waals surface area contributed by atoms with Crippen molar-refractivity contribution < 1.29 is 4.74 Å². The van der Waals surface area contributed by atoms with Gasteiger partial charge in [-0.25, -0.2) is 4.98 Å². The van der Waals surface area contributed by atoms with Gasteiger partial charge in [-0.1, -0.05) is 42.3 Å². The topological polar surface area (TPSA) is 37.4 Å². The van der Waals surface area contributed by atoms with E-state index in [-0.39, 0.29) is 6.04 Å². The van der Waals surface area contributed by atoms with E-state index in [2.05, 4.69) is 34.5 Å². The van der Waals surface area contributed by atoms with Gasteiger partial charge in [0, 0.05) is 28.3 Å². The normalized spacial score (nSPS) is 16.0. The molecule has 0 saturated carbocycles. The zero-order chi connectivity index (χ0) is 20.2. The number of hydrogen-bond donors (Lipinski definition) is 1. The van der Waals surface area contributed by atoms with Crippen molar-refractivity contribution in [2.45, 2.75) is 32.2 Å². The number of rotatable bonds is 6. The fourth-order valence-electron chi connectivity index (χ4n) is 4.15. The van der Waals surface area contributed by atoms with Crippen LogP contribution in [0.25, 0.3) is 10.9 Å². The number of piperidine rings is 1. The molecule has 0 bridgehead atoms. The van der Waals surface area contributed by atoms with E-state index in [1.165, 1.54) is 24.8 Å². The lowest BCUT2D eigenvalue weighted by atomic mass is 10.0. The minimum absolute atomic E-state index is 0.168. The van der Waals surface area contributed by atoms with E-state index >= 15 is 0 Å². The Hall–Kier alpha value is -2.30. The Morgan fingerprint density at radius 3 is 2.59 bits per heavy atom. The van der Waals surface area contributed by atoms with E-state index in [1.54, 1.807) is 7.11 Å². The molecule has 4 nitrogen and oxygen atoms in total. The van der Waals surface area contributed by atoms with Crippen LogP contribution >= 0.6 is 11.6 Å². The fourth-order valence-corrected chi connectivity index (χ4v) is 4.28. The third-order valence-electron chi connectivity index (χ3n) is 5.64. The smallest absolute Gasteiger partial charge is 0.145 e. The van der Waals surface area contributed by atoms with E-state index in [9.17, 15) is 0 Å². The molecule has 1 fully saturated rings. The van der Waals surface area contributed by atoms with Crippen molar-refractivity contribution in [2.75, 3.05) is 32.1 Å². The van der Waals surface area contributed by atoms with Gasteiger partial charge in [-0.3, -0.25) is 0 Å². The largest absolute Gasteiger partial charge is 0.494 e. The molecule has 1 N–H and O–H groups in total. The molecule has 3 aromatic rings. The van der Waals surface area contributed by atoms with Crippen molar-refractivity contribution in [3.63, 3.8) is 0 Å². The van der Waals surface area contributed by atoms with Crippen molar-refractivity contribution in [1.29, 1.82) is 0 Å². The lowest BCUT2D eigenvalue weighted by Crippen LogP contribution is -2.35. The van der Waals surface area contributed by atoms with Gasteiger partial charge in [0.2, 0.25) is 0 Å². The van der Waals surface area contributed by atoms with Gasteiger partial charge in [-0.2, -0.15) is 0 Å². The number of aryl methyl sites for hydroxylation is 1. The summed E-state index contributed by atoms with van der Waals surface area (Å²) in [7, 11) is 1.69. The highest BCUT2D eigenvalue weighted by atomic mass is 35.5. The number of nitrogens with one attached hydrogen (secondary N) is 1. The zero-order valence-electron chi connectivity index (χ0n) is 17.1. The first-order chi connectivity index (χ1) is 14.1. The number of aromatic nitrogens is 1. The highest BCUT2D eigenvalue weighted by Crippen LogP contribution is 2.32. The molecule has 2 heterocycles. The van der Waals surface area contributed by atoms with Crippen molar-refractivity contribution in [3.8, 4) is 5.75 Å². The summed E-state index contributed by atoms with van der Waals surface area (Å²) in [4.78, 5) is 7.28. The molecule has 1 aliphatic rings. The zero-order valence-corrected chi connectivity index (χ0v) is 17.9. The lowest BCUT2D eigenvalue weighted by molar-refractivity contribution is 0.220. The highest BCUT2D eigenvalue weighted by molar-refractivity contribution is 6.30. The van der Waals surface area contributed by atoms with E-state index in [4.69, 9.17) is 21.3 Å². The molecular weight excluding hydrogens is 382 g/mol. The number of fused-ring (bicyclic) bond motifs is 1. The first kappa shape index (κ1) is 20.0. The number of benzene rings is 2. The van der Waals surface area contributed by atoms with Crippen molar-refractivity contribution in [3.05, 3.63) is 64.8 Å². The predicted octanol–water partition coefficient (Wildman–Crippen LogP) is 5.84. The monoisotopic (exact) mass is 409 g/mol. The molecule has 0 radical (unpaired) electrons. The Morgan fingerprint density at radius 2 is 1.86 bits per heavy atom. The maximum atomic E-state index is 6.15. The first-order valence-electron chi connectivity index (χ1n) is 10.3. The van der Waals surface area contributed by atoms with Crippen LogP contribution in [0.4, 0.5) is 5.69 Å². The molecule has 1 atom stereocenters. The summed E-state index contributed by atoms with van der Waals surface area (Å²) in [6.45, 7) is 5.32. The molecule has 29 heavy (non-hydrogen) atoms. The van der Waals surface area contributed by atoms with Gasteiger partial charge < -0.3 is 15.0 Å². The van der Waals surface area contributed by atoms with Gasteiger partial charge in [0.05, 0.1) is 13.2 Å². The third-order valence-corrected chi connectivity index (χ3v) is 5.89. The van der Waals surface area contributed by atoms with Crippen molar-refractivity contribution in [2.24, 2.45) is 0 Å². The quantitative estimate of drug-likeness (QED) is 0.554. The third kappa shape index (κ3) is 4.65. The second-order valence-electron chi connectivity index (χ2n) is 7.78. The van der Waals surface area contributed by atoms with E-state index < -0.39 is 0 Å². The van der Waals surface area contributed by atoms with Gasteiger partial charge in [0.25, 0.3) is 0 Å². The van der Waals surface area contributed by atoms with Crippen LogP contribution < -0.4 is 10.1 Å². The van der Waals surface area contributed by atoms with Crippen molar-refractivity contribution in [1.82, 2.24) is 9.88 Å². The molecular formula is C24H28ClN3O. The summed E-state index contributed by atoms with van der Waals surface area (Å²) in [5.41, 5.74) is 4.19. The SMILES string of the molecule is COc1cccc2c(NC(CN3CCCCC3)c3ccc(Cl)cc3)cc(C)nc12. The van der Waals surface area contributed by atoms with Crippen LogP contribution in [0.15, 0.2) is 48.5 Å². The molecule has 0 aliphatic carbocycles. The first-order valence-corrected chi connectivity index (χ1v) is 10.7. The average Bonchev–Trinajstić information content (AvgIpc) is 2.74. The van der Waals surface area contributed by atoms with Crippen molar-refractivity contribution >= 4 is 28.2 Å². The number of halogens is 1. The second-order valence-corrected chi connectivity index (χ2v) is 8.21. The molecule has 0 amide bonds. The Balaban J connectivity index is 1.70. The second kappa shape index (κ2) is 9.02. The maximum Gasteiger partial charge on any atom is 0.145 e. The van der Waals surface area contributed by atoms with Crippen LogP contribution in [0.1, 0.15) is 36.6 Å². The average molecular weight is 410 g/mol. The van der Waals surface area contributed by atoms with Crippen LogP contribution in [0.2, 0.25) is 5.02 Å². The summed E-state index contributed by atoms with van der Waals surface area (Å²) in [6, 6.07) is 16.6. The molecule has 0 spiro atoms. The van der Waals surface area contributed by atoms with Crippen LogP contribution in [0.5, 0.6) is 5.75 Å². The van der Waals surface area contributed by atoms with Crippen LogP contribution in [0.3, 0.4) is 0 Å². The Labute approximate surface area is 177 Å². The molecule has 1 aromatic heterocycles. The predicted molar refractivity (Wildman–Crippen MR) is 121 cm³/mol. The maximum absolute atomic E-state index is 6.15. The number of hydrogen-bond acceptors (Lipinski definition) is 4. The number of anilines is 1. The summed E-state index contributed by atoms with van der Waals surface area (Å²) < 4.78 is 5.55. The summed E-state index contributed by atoms with van der Waals surface area (Å²) in [5.74, 6) is 0.799. The Morgan fingerprint density at radius 1 is 1.10 bits per heavy atom. The number of methoxy groups -OCH3 is 1. The van der Waals surface area contributed by atoms with Gasteiger partial charge in [-0.15, -0.1) is 0 Å². The van der Waals surface area contributed by atoms with Crippen LogP contribution in [-0.2, 0) is 0 Å². The minimum Gasteiger partial charge on any atom is -0.494 e. The number of likely N-dealkylation sites (tertiary alicyclic amines) is 1. The molecule has 1 aliphatic heterocycles. The molecule has 1 unspecified atom stereocenters. The molecule has 4 rings (SSSR count). The van der Waals surface area contributed by atoms with Crippen LogP contribution in [0, 0.1) is 6.92 Å².